The van der Waals surface area contributed by atoms with E-state index in [1.54, 1.807) is 6.21 Å². The fraction of sp³-hybridized carbons (Fsp3) is 0.250. The van der Waals surface area contributed by atoms with Gasteiger partial charge in [0.25, 0.3) is 5.56 Å². The van der Waals surface area contributed by atoms with Crippen LogP contribution in [-0.4, -0.2) is 15.9 Å². The quantitative estimate of drug-likeness (QED) is 0.175. The maximum Gasteiger partial charge on any atom is 0.282 e. The Balaban J connectivity index is 1.41. The van der Waals surface area contributed by atoms with Crippen molar-refractivity contribution in [2.45, 2.75) is 44.6 Å². The smallest absolute Gasteiger partial charge is 0.282 e. The van der Waals surface area contributed by atoms with Crippen LogP contribution in [0.5, 0.6) is 5.75 Å². The molecule has 0 N–H and O–H groups in total. The molecule has 178 valence electrons. The number of hydrogen-bond acceptors (Lipinski definition) is 4. The first-order chi connectivity index (χ1) is 17.1. The SMILES string of the molecule is O=c1c2ccccc2nc(C2CCCCC2)n1N=Cc1ccc(OCc2ccc(Cl)cc2)c(I)c1. The van der Waals surface area contributed by atoms with Crippen LogP contribution in [-0.2, 0) is 6.61 Å². The van der Waals surface area contributed by atoms with Gasteiger partial charge in [-0.05, 0) is 89.0 Å². The second-order valence-electron chi connectivity index (χ2n) is 8.79. The van der Waals surface area contributed by atoms with Gasteiger partial charge >= 0.3 is 0 Å². The van der Waals surface area contributed by atoms with Crippen LogP contribution < -0.4 is 10.3 Å². The average Bonchev–Trinajstić information content (AvgIpc) is 2.89. The van der Waals surface area contributed by atoms with Crippen molar-refractivity contribution in [2.75, 3.05) is 0 Å². The molecule has 35 heavy (non-hydrogen) atoms. The molecule has 3 aromatic carbocycles. The van der Waals surface area contributed by atoms with Crippen molar-refractivity contribution in [3.8, 4) is 5.75 Å². The molecular formula is C28H25ClIN3O2. The lowest BCUT2D eigenvalue weighted by Gasteiger charge is -2.22. The van der Waals surface area contributed by atoms with Crippen molar-refractivity contribution >= 4 is 51.3 Å². The highest BCUT2D eigenvalue weighted by atomic mass is 127. The highest BCUT2D eigenvalue weighted by Gasteiger charge is 2.22. The molecule has 0 bridgehead atoms. The Labute approximate surface area is 222 Å². The van der Waals surface area contributed by atoms with Gasteiger partial charge < -0.3 is 4.74 Å². The molecule has 0 spiro atoms. The normalized spacial score (nSPS) is 14.6. The zero-order chi connectivity index (χ0) is 24.2. The predicted octanol–water partition coefficient (Wildman–Crippen LogP) is 7.16. The molecule has 1 heterocycles. The topological polar surface area (TPSA) is 56.5 Å². The Bertz CT molecular complexity index is 1430. The number of nitrogens with zero attached hydrogens (tertiary/aromatic N) is 3. The molecule has 0 atom stereocenters. The third kappa shape index (κ3) is 5.59. The van der Waals surface area contributed by atoms with E-state index in [9.17, 15) is 4.79 Å². The van der Waals surface area contributed by atoms with Crippen LogP contribution in [0.3, 0.4) is 0 Å². The molecule has 5 nitrogen and oxygen atoms in total. The van der Waals surface area contributed by atoms with Gasteiger partial charge in [0, 0.05) is 10.9 Å². The summed E-state index contributed by atoms with van der Waals surface area (Å²) in [5, 5.41) is 5.93. The van der Waals surface area contributed by atoms with E-state index in [1.807, 2.05) is 66.7 Å². The molecular weight excluding hydrogens is 573 g/mol. The van der Waals surface area contributed by atoms with Crippen LogP contribution in [0.1, 0.15) is 55.0 Å². The van der Waals surface area contributed by atoms with E-state index in [0.717, 1.165) is 57.5 Å². The minimum absolute atomic E-state index is 0.120. The monoisotopic (exact) mass is 597 g/mol. The lowest BCUT2D eigenvalue weighted by molar-refractivity contribution is 0.304. The van der Waals surface area contributed by atoms with Gasteiger partial charge in [0.1, 0.15) is 18.2 Å². The van der Waals surface area contributed by atoms with Gasteiger partial charge in [0.2, 0.25) is 0 Å². The van der Waals surface area contributed by atoms with Crippen LogP contribution in [0.4, 0.5) is 0 Å². The highest BCUT2D eigenvalue weighted by molar-refractivity contribution is 14.1. The molecule has 1 aromatic heterocycles. The molecule has 1 fully saturated rings. The van der Waals surface area contributed by atoms with Gasteiger partial charge in [0.05, 0.1) is 20.7 Å². The van der Waals surface area contributed by atoms with Gasteiger partial charge in [-0.25, -0.2) is 4.98 Å². The number of aromatic nitrogens is 2. The zero-order valence-electron chi connectivity index (χ0n) is 19.2. The van der Waals surface area contributed by atoms with Gasteiger partial charge in [-0.15, -0.1) is 0 Å². The molecule has 1 aliphatic rings. The number of halogens is 2. The van der Waals surface area contributed by atoms with Crippen molar-refractivity contribution in [1.82, 2.24) is 9.66 Å². The summed E-state index contributed by atoms with van der Waals surface area (Å²) in [6, 6.07) is 21.0. The Morgan fingerprint density at radius 2 is 1.83 bits per heavy atom. The van der Waals surface area contributed by atoms with E-state index in [-0.39, 0.29) is 11.5 Å². The number of hydrogen-bond donors (Lipinski definition) is 0. The van der Waals surface area contributed by atoms with Crippen LogP contribution in [0, 0.1) is 3.57 Å². The van der Waals surface area contributed by atoms with E-state index < -0.39 is 0 Å². The number of benzene rings is 3. The summed E-state index contributed by atoms with van der Waals surface area (Å²) in [5.74, 6) is 1.81. The van der Waals surface area contributed by atoms with Crippen molar-refractivity contribution in [1.29, 1.82) is 0 Å². The Morgan fingerprint density at radius 1 is 1.06 bits per heavy atom. The van der Waals surface area contributed by atoms with Crippen LogP contribution in [0.2, 0.25) is 5.02 Å². The zero-order valence-corrected chi connectivity index (χ0v) is 22.1. The second kappa shape index (κ2) is 10.9. The number of para-hydroxylation sites is 1. The molecule has 1 aliphatic carbocycles. The largest absolute Gasteiger partial charge is 0.488 e. The Morgan fingerprint density at radius 3 is 2.60 bits per heavy atom. The minimum Gasteiger partial charge on any atom is -0.488 e. The molecule has 1 saturated carbocycles. The molecule has 4 aromatic rings. The van der Waals surface area contributed by atoms with E-state index >= 15 is 0 Å². The molecule has 0 aliphatic heterocycles. The molecule has 0 radical (unpaired) electrons. The predicted molar refractivity (Wildman–Crippen MR) is 150 cm³/mol. The van der Waals surface area contributed by atoms with Gasteiger partial charge in [0.15, 0.2) is 0 Å². The summed E-state index contributed by atoms with van der Waals surface area (Å²) in [4.78, 5) is 18.2. The standard InChI is InChI=1S/C28H25ClIN3O2/c29-22-13-10-19(11-14-22)18-35-26-15-12-20(16-24(26)30)17-31-33-27(21-6-2-1-3-7-21)32-25-9-5-4-8-23(25)28(33)34/h4-5,8-17,21H,1-3,6-7,18H2. The lowest BCUT2D eigenvalue weighted by Crippen LogP contribution is -2.25. The fourth-order valence-corrected chi connectivity index (χ4v) is 5.28. The third-order valence-corrected chi connectivity index (χ3v) is 7.43. The first kappa shape index (κ1) is 24.0. The van der Waals surface area contributed by atoms with Crippen LogP contribution in [0.25, 0.3) is 10.9 Å². The Kier molecular flexibility index (Phi) is 7.48. The number of rotatable bonds is 6. The van der Waals surface area contributed by atoms with Crippen molar-refractivity contribution in [3.05, 3.63) is 103 Å². The van der Waals surface area contributed by atoms with Crippen molar-refractivity contribution in [3.63, 3.8) is 0 Å². The first-order valence-electron chi connectivity index (χ1n) is 11.8. The van der Waals surface area contributed by atoms with Crippen LogP contribution in [0.15, 0.2) is 76.6 Å². The van der Waals surface area contributed by atoms with Crippen molar-refractivity contribution < 1.29 is 4.74 Å². The third-order valence-electron chi connectivity index (χ3n) is 6.33. The lowest BCUT2D eigenvalue weighted by atomic mass is 9.88. The number of fused-ring (bicyclic) bond motifs is 1. The summed E-state index contributed by atoms with van der Waals surface area (Å²) in [5.41, 5.74) is 2.56. The first-order valence-corrected chi connectivity index (χ1v) is 13.3. The van der Waals surface area contributed by atoms with Crippen molar-refractivity contribution in [2.24, 2.45) is 5.10 Å². The van der Waals surface area contributed by atoms with E-state index in [0.29, 0.717) is 17.0 Å². The summed E-state index contributed by atoms with van der Waals surface area (Å²) in [7, 11) is 0. The summed E-state index contributed by atoms with van der Waals surface area (Å²) < 4.78 is 8.47. The van der Waals surface area contributed by atoms with Gasteiger partial charge in [-0.1, -0.05) is 55.1 Å². The summed E-state index contributed by atoms with van der Waals surface area (Å²) in [6.07, 6.45) is 7.37. The molecule has 0 unspecified atom stereocenters. The van der Waals surface area contributed by atoms with E-state index in [2.05, 4.69) is 27.7 Å². The highest BCUT2D eigenvalue weighted by Crippen LogP contribution is 2.32. The summed E-state index contributed by atoms with van der Waals surface area (Å²) in [6.45, 7) is 0.462. The molecule has 0 saturated heterocycles. The maximum atomic E-state index is 13.4. The molecule has 7 heteroatoms. The fourth-order valence-electron chi connectivity index (χ4n) is 4.46. The van der Waals surface area contributed by atoms with E-state index in [1.165, 1.54) is 11.1 Å². The molecule has 0 amide bonds. The summed E-state index contributed by atoms with van der Waals surface area (Å²) >= 11 is 8.22. The van der Waals surface area contributed by atoms with Gasteiger partial charge in [-0.2, -0.15) is 9.78 Å². The second-order valence-corrected chi connectivity index (χ2v) is 10.4. The Hall–Kier alpha value is -2.71. The minimum atomic E-state index is -0.120. The number of ether oxygens (including phenoxy) is 1. The van der Waals surface area contributed by atoms with Gasteiger partial charge in [-0.3, -0.25) is 4.79 Å². The average molecular weight is 598 g/mol. The van der Waals surface area contributed by atoms with Crippen LogP contribution >= 0.6 is 34.2 Å². The maximum absolute atomic E-state index is 13.4. The van der Waals surface area contributed by atoms with E-state index in [4.69, 9.17) is 21.3 Å². The molecule has 5 rings (SSSR count).